The predicted octanol–water partition coefficient (Wildman–Crippen LogP) is 3.09. The smallest absolute Gasteiger partial charge is 0.213 e. The molecule has 1 aromatic rings. The molecule has 0 aliphatic heterocycles. The van der Waals surface area contributed by atoms with Crippen molar-refractivity contribution in [3.05, 3.63) is 23.9 Å². The maximum Gasteiger partial charge on any atom is 0.213 e. The summed E-state index contributed by atoms with van der Waals surface area (Å²) in [5.41, 5.74) is 0.150. The Morgan fingerprint density at radius 1 is 1.20 bits per heavy atom. The van der Waals surface area contributed by atoms with Crippen molar-refractivity contribution >= 4 is 29.9 Å². The summed E-state index contributed by atoms with van der Waals surface area (Å²) in [5, 5.41) is 17.2. The Labute approximate surface area is 168 Å². The third-order valence-corrected chi connectivity index (χ3v) is 3.75. The minimum absolute atomic E-state index is 0. The fourth-order valence-electron chi connectivity index (χ4n) is 2.64. The van der Waals surface area contributed by atoms with Crippen molar-refractivity contribution in [2.24, 2.45) is 4.99 Å². The first kappa shape index (κ1) is 23.9. The number of aliphatic imine (C=N–C) groups is 1. The first-order valence-corrected chi connectivity index (χ1v) is 8.81. The molecule has 0 aliphatic carbocycles. The van der Waals surface area contributed by atoms with Gasteiger partial charge in [-0.1, -0.05) is 32.8 Å². The van der Waals surface area contributed by atoms with Crippen LogP contribution in [0.4, 0.5) is 0 Å². The van der Waals surface area contributed by atoms with Crippen molar-refractivity contribution in [1.82, 2.24) is 15.6 Å². The van der Waals surface area contributed by atoms with Gasteiger partial charge in [-0.2, -0.15) is 0 Å². The highest BCUT2D eigenvalue weighted by molar-refractivity contribution is 14.0. The van der Waals surface area contributed by atoms with Crippen LogP contribution in [0.15, 0.2) is 23.2 Å². The van der Waals surface area contributed by atoms with Crippen molar-refractivity contribution in [3.8, 4) is 5.88 Å². The summed E-state index contributed by atoms with van der Waals surface area (Å²) in [6, 6.07) is 5.63. The summed E-state index contributed by atoms with van der Waals surface area (Å²) in [5.74, 6) is 1.27. The van der Waals surface area contributed by atoms with Crippen molar-refractivity contribution in [1.29, 1.82) is 0 Å². The first-order valence-electron chi connectivity index (χ1n) is 8.81. The molecule has 0 atom stereocenters. The number of rotatable bonds is 10. The van der Waals surface area contributed by atoms with Gasteiger partial charge in [-0.15, -0.1) is 24.0 Å². The molecule has 1 heterocycles. The van der Waals surface area contributed by atoms with Crippen LogP contribution in [-0.4, -0.2) is 41.9 Å². The number of guanidine groups is 1. The van der Waals surface area contributed by atoms with Gasteiger partial charge in [0.05, 0.1) is 24.9 Å². The second-order valence-corrected chi connectivity index (χ2v) is 5.94. The van der Waals surface area contributed by atoms with Crippen molar-refractivity contribution in [3.63, 3.8) is 0 Å². The molecule has 0 saturated carbocycles. The Kier molecular flexibility index (Phi) is 12.6. The van der Waals surface area contributed by atoms with E-state index in [2.05, 4.69) is 34.5 Å². The van der Waals surface area contributed by atoms with E-state index in [4.69, 9.17) is 4.74 Å². The van der Waals surface area contributed by atoms with Gasteiger partial charge in [0.25, 0.3) is 0 Å². The first-order chi connectivity index (χ1) is 11.6. The van der Waals surface area contributed by atoms with Crippen LogP contribution >= 0.6 is 24.0 Å². The van der Waals surface area contributed by atoms with Gasteiger partial charge < -0.3 is 20.5 Å². The normalized spacial score (nSPS) is 11.6. The lowest BCUT2D eigenvalue weighted by Gasteiger charge is -2.28. The number of hydrogen-bond acceptors (Lipinski definition) is 4. The zero-order valence-corrected chi connectivity index (χ0v) is 18.2. The molecule has 0 aliphatic rings. The summed E-state index contributed by atoms with van der Waals surface area (Å²) >= 11 is 0. The molecule has 144 valence electrons. The Morgan fingerprint density at radius 2 is 1.88 bits per heavy atom. The third kappa shape index (κ3) is 9.25. The molecule has 7 heteroatoms. The molecule has 6 nitrogen and oxygen atoms in total. The second-order valence-electron chi connectivity index (χ2n) is 5.94. The maximum atomic E-state index is 10.7. The van der Waals surface area contributed by atoms with E-state index in [0.29, 0.717) is 24.9 Å². The molecule has 0 spiro atoms. The summed E-state index contributed by atoms with van der Waals surface area (Å²) < 4.78 is 5.13. The molecule has 3 N–H and O–H groups in total. The minimum Gasteiger partial charge on any atom is -0.481 e. The molecule has 0 fully saturated rings. The van der Waals surface area contributed by atoms with Crippen LogP contribution in [0.2, 0.25) is 0 Å². The van der Waals surface area contributed by atoms with Gasteiger partial charge in [0, 0.05) is 19.2 Å². The van der Waals surface area contributed by atoms with Gasteiger partial charge in [0.2, 0.25) is 5.88 Å². The number of halogens is 1. The number of pyridine rings is 1. The summed E-state index contributed by atoms with van der Waals surface area (Å²) in [6.07, 6.45) is 3.48. The standard InChI is InChI=1S/C18H32N4O2.HI/c1-5-11-18(23,12-6-2)14-21-17(19-7-3)20-13-15-9-8-10-16(22-15)24-4;/h8-10,23H,5-7,11-14H2,1-4H3,(H2,19,20,21);1H. The van der Waals surface area contributed by atoms with Crippen LogP contribution in [0.5, 0.6) is 5.88 Å². The van der Waals surface area contributed by atoms with E-state index in [1.54, 1.807) is 7.11 Å². The fraction of sp³-hybridized carbons (Fsp3) is 0.667. The molecule has 0 unspecified atom stereocenters. The van der Waals surface area contributed by atoms with Crippen molar-refractivity contribution in [2.75, 3.05) is 20.2 Å². The molecule has 0 bridgehead atoms. The van der Waals surface area contributed by atoms with Gasteiger partial charge in [0.1, 0.15) is 0 Å². The summed E-state index contributed by atoms with van der Waals surface area (Å²) in [6.45, 7) is 7.91. The molecular weight excluding hydrogens is 431 g/mol. The van der Waals surface area contributed by atoms with Crippen LogP contribution in [0.25, 0.3) is 0 Å². The van der Waals surface area contributed by atoms with E-state index in [-0.39, 0.29) is 24.0 Å². The number of methoxy groups -OCH3 is 1. The predicted molar refractivity (Wildman–Crippen MR) is 114 cm³/mol. The number of ether oxygens (including phenoxy) is 1. The van der Waals surface area contributed by atoms with Crippen LogP contribution in [0.1, 0.15) is 52.1 Å². The highest BCUT2D eigenvalue weighted by atomic mass is 127. The van der Waals surface area contributed by atoms with Gasteiger partial charge in [-0.25, -0.2) is 9.98 Å². The van der Waals surface area contributed by atoms with Crippen molar-refractivity contribution in [2.45, 2.75) is 58.6 Å². The lowest BCUT2D eigenvalue weighted by atomic mass is 9.93. The van der Waals surface area contributed by atoms with Gasteiger partial charge in [0.15, 0.2) is 5.96 Å². The number of nitrogens with one attached hydrogen (secondary N) is 2. The molecule has 1 rings (SSSR count). The highest BCUT2D eigenvalue weighted by Gasteiger charge is 2.24. The Bertz CT molecular complexity index is 506. The van der Waals surface area contributed by atoms with Crippen LogP contribution < -0.4 is 15.4 Å². The number of hydrogen-bond donors (Lipinski definition) is 3. The summed E-state index contributed by atoms with van der Waals surface area (Å²) in [4.78, 5) is 8.90. The number of aliphatic hydroxyl groups is 1. The van der Waals surface area contributed by atoms with E-state index in [1.165, 1.54) is 0 Å². The Hall–Kier alpha value is -1.09. The largest absolute Gasteiger partial charge is 0.481 e. The van der Waals surface area contributed by atoms with Gasteiger partial charge in [-0.3, -0.25) is 0 Å². The second kappa shape index (κ2) is 13.2. The van der Waals surface area contributed by atoms with Gasteiger partial charge >= 0.3 is 0 Å². The molecule has 0 aromatic carbocycles. The quantitative estimate of drug-likeness (QED) is 0.282. The van der Waals surface area contributed by atoms with Crippen LogP contribution in [-0.2, 0) is 6.54 Å². The van der Waals surface area contributed by atoms with E-state index in [1.807, 2.05) is 25.1 Å². The van der Waals surface area contributed by atoms with E-state index in [9.17, 15) is 5.11 Å². The minimum atomic E-state index is -0.687. The van der Waals surface area contributed by atoms with E-state index in [0.717, 1.165) is 37.9 Å². The Balaban J connectivity index is 0.00000576. The number of nitrogens with zero attached hydrogens (tertiary/aromatic N) is 2. The van der Waals surface area contributed by atoms with Crippen LogP contribution in [0, 0.1) is 0 Å². The van der Waals surface area contributed by atoms with Gasteiger partial charge in [-0.05, 0) is 25.8 Å². The summed E-state index contributed by atoms with van der Waals surface area (Å²) in [7, 11) is 1.60. The molecule has 0 amide bonds. The van der Waals surface area contributed by atoms with E-state index >= 15 is 0 Å². The maximum absolute atomic E-state index is 10.7. The molecular formula is C18H33IN4O2. The topological polar surface area (TPSA) is 78.8 Å². The molecule has 0 radical (unpaired) electrons. The lowest BCUT2D eigenvalue weighted by molar-refractivity contribution is 0.0257. The Morgan fingerprint density at radius 3 is 2.44 bits per heavy atom. The highest BCUT2D eigenvalue weighted by Crippen LogP contribution is 2.18. The number of aromatic nitrogens is 1. The zero-order valence-electron chi connectivity index (χ0n) is 15.8. The zero-order chi connectivity index (χ0) is 17.8. The molecule has 0 saturated heterocycles. The van der Waals surface area contributed by atoms with Crippen molar-refractivity contribution < 1.29 is 9.84 Å². The average Bonchev–Trinajstić information content (AvgIpc) is 2.58. The van der Waals surface area contributed by atoms with Crippen LogP contribution in [0.3, 0.4) is 0 Å². The van der Waals surface area contributed by atoms with E-state index < -0.39 is 5.60 Å². The average molecular weight is 464 g/mol. The third-order valence-electron chi connectivity index (χ3n) is 3.75. The monoisotopic (exact) mass is 464 g/mol. The fourth-order valence-corrected chi connectivity index (χ4v) is 2.64. The molecule has 25 heavy (non-hydrogen) atoms. The lowest BCUT2D eigenvalue weighted by Crippen LogP contribution is -2.47. The SMILES string of the molecule is CCCC(O)(CCC)CNC(=NCc1cccc(OC)n1)NCC.I. The molecule has 1 aromatic heterocycles.